The second-order valence-corrected chi connectivity index (χ2v) is 6.76. The molecule has 0 aliphatic heterocycles. The summed E-state index contributed by atoms with van der Waals surface area (Å²) >= 11 is 0. The van der Waals surface area contributed by atoms with Gasteiger partial charge in [-0.05, 0) is 44.0 Å². The number of carbonyl (C=O) groups excluding carboxylic acids is 1. The Hall–Kier alpha value is -4.01. The van der Waals surface area contributed by atoms with Crippen LogP contribution in [0.3, 0.4) is 0 Å². The quantitative estimate of drug-likeness (QED) is 0.382. The lowest BCUT2D eigenvalue weighted by molar-refractivity contribution is -0.384. The number of aryl methyl sites for hydroxylation is 1. The van der Waals surface area contributed by atoms with Crippen molar-refractivity contribution in [2.45, 2.75) is 26.2 Å². The summed E-state index contributed by atoms with van der Waals surface area (Å²) in [5.74, 6) is 0.595. The number of benzene rings is 1. The minimum absolute atomic E-state index is 0.00982. The molecule has 1 aromatic carbocycles. The van der Waals surface area contributed by atoms with Gasteiger partial charge in [0, 0.05) is 35.9 Å². The first kappa shape index (κ1) is 19.3. The largest absolute Gasteiger partial charge is 0.453 e. The highest BCUT2D eigenvalue weighted by atomic mass is 16.6. The van der Waals surface area contributed by atoms with E-state index in [0.29, 0.717) is 35.6 Å². The average molecular weight is 406 g/mol. The van der Waals surface area contributed by atoms with Crippen molar-refractivity contribution in [1.82, 2.24) is 4.98 Å². The van der Waals surface area contributed by atoms with Crippen molar-refractivity contribution < 1.29 is 18.9 Å². The van der Waals surface area contributed by atoms with Crippen molar-refractivity contribution in [3.05, 3.63) is 81.6 Å². The van der Waals surface area contributed by atoms with Gasteiger partial charge in [-0.25, -0.2) is 4.79 Å². The molecule has 0 bridgehead atoms. The first-order valence-electron chi connectivity index (χ1n) is 9.35. The number of nitro benzene ring substituents is 1. The van der Waals surface area contributed by atoms with Crippen molar-refractivity contribution in [1.29, 1.82) is 0 Å². The number of nitrogens with zero attached hydrogens (tertiary/aromatic N) is 3. The number of anilines is 1. The van der Waals surface area contributed by atoms with Gasteiger partial charge in [0.2, 0.25) is 5.76 Å². The summed E-state index contributed by atoms with van der Waals surface area (Å²) in [6.45, 7) is 1.80. The lowest BCUT2D eigenvalue weighted by atomic mass is 9.93. The van der Waals surface area contributed by atoms with Crippen LogP contribution in [0.2, 0.25) is 0 Å². The molecule has 0 fully saturated rings. The molecule has 1 N–H and O–H groups in total. The van der Waals surface area contributed by atoms with Gasteiger partial charge in [-0.1, -0.05) is 0 Å². The number of non-ortho nitro benzene ring substituents is 1. The van der Waals surface area contributed by atoms with E-state index in [1.165, 1.54) is 18.3 Å². The van der Waals surface area contributed by atoms with Gasteiger partial charge in [0.1, 0.15) is 11.5 Å². The summed E-state index contributed by atoms with van der Waals surface area (Å²) in [4.78, 5) is 26.8. The Balaban J connectivity index is 1.57. The zero-order valence-electron chi connectivity index (χ0n) is 16.1. The van der Waals surface area contributed by atoms with E-state index >= 15 is 0 Å². The Morgan fingerprint density at radius 3 is 2.77 bits per heavy atom. The molecule has 0 saturated heterocycles. The van der Waals surface area contributed by atoms with E-state index in [0.717, 1.165) is 17.7 Å². The molecule has 0 saturated carbocycles. The minimum atomic E-state index is -0.586. The Kier molecular flexibility index (Phi) is 5.25. The van der Waals surface area contributed by atoms with Gasteiger partial charge in [0.05, 0.1) is 22.5 Å². The predicted molar refractivity (Wildman–Crippen MR) is 109 cm³/mol. The smallest absolute Gasteiger partial charge is 0.379 e. The SMILES string of the molecule is Cc1c(C(=O)Oc2cccnc2)oc2c1/C(=N/Nc1ccc([N+](=O)[O-])cc1)CCC2. The van der Waals surface area contributed by atoms with E-state index in [1.807, 2.05) is 0 Å². The fourth-order valence-corrected chi connectivity index (χ4v) is 3.33. The molecule has 30 heavy (non-hydrogen) atoms. The third-order valence-corrected chi connectivity index (χ3v) is 4.75. The molecule has 0 radical (unpaired) electrons. The second kappa shape index (κ2) is 8.16. The second-order valence-electron chi connectivity index (χ2n) is 6.76. The Bertz CT molecular complexity index is 1120. The summed E-state index contributed by atoms with van der Waals surface area (Å²) in [5, 5.41) is 15.2. The summed E-state index contributed by atoms with van der Waals surface area (Å²) in [5.41, 5.74) is 5.79. The zero-order chi connectivity index (χ0) is 21.1. The molecule has 9 nitrogen and oxygen atoms in total. The molecule has 0 unspecified atom stereocenters. The Labute approximate surface area is 171 Å². The molecule has 4 rings (SSSR count). The number of carbonyl (C=O) groups is 1. The highest BCUT2D eigenvalue weighted by Gasteiger charge is 2.29. The number of furan rings is 1. The number of ether oxygens (including phenoxy) is 1. The van der Waals surface area contributed by atoms with Crippen LogP contribution in [0.15, 0.2) is 58.3 Å². The van der Waals surface area contributed by atoms with E-state index in [2.05, 4.69) is 15.5 Å². The van der Waals surface area contributed by atoms with Crippen molar-refractivity contribution in [3.63, 3.8) is 0 Å². The summed E-state index contributed by atoms with van der Waals surface area (Å²) in [6, 6.07) is 9.31. The normalized spacial score (nSPS) is 14.2. The van der Waals surface area contributed by atoms with Crippen LogP contribution in [0, 0.1) is 17.0 Å². The third kappa shape index (κ3) is 3.90. The van der Waals surface area contributed by atoms with Gasteiger partial charge < -0.3 is 9.15 Å². The lowest BCUT2D eigenvalue weighted by Gasteiger charge is -2.13. The summed E-state index contributed by atoms with van der Waals surface area (Å²) in [7, 11) is 0. The van der Waals surface area contributed by atoms with Crippen LogP contribution in [-0.4, -0.2) is 21.6 Å². The molecule has 0 amide bonds. The Morgan fingerprint density at radius 2 is 2.07 bits per heavy atom. The standard InChI is InChI=1S/C21H18N4O5/c1-13-19-17(24-23-14-7-9-15(10-8-14)25(27)28)5-2-6-18(19)30-20(13)21(26)29-16-4-3-11-22-12-16/h3-4,7-12,23H,2,5-6H2,1H3/b24-17+. The van der Waals surface area contributed by atoms with Gasteiger partial charge in [-0.3, -0.25) is 20.5 Å². The van der Waals surface area contributed by atoms with E-state index in [1.54, 1.807) is 37.4 Å². The maximum Gasteiger partial charge on any atom is 0.379 e. The molecule has 2 heterocycles. The van der Waals surface area contributed by atoms with Crippen LogP contribution in [0.4, 0.5) is 11.4 Å². The molecular weight excluding hydrogens is 388 g/mol. The van der Waals surface area contributed by atoms with Crippen molar-refractivity contribution in [2.24, 2.45) is 5.10 Å². The van der Waals surface area contributed by atoms with Crippen molar-refractivity contribution in [3.8, 4) is 5.75 Å². The molecule has 1 aliphatic carbocycles. The predicted octanol–water partition coefficient (Wildman–Crippen LogP) is 4.26. The van der Waals surface area contributed by atoms with Gasteiger partial charge in [-0.2, -0.15) is 5.10 Å². The average Bonchev–Trinajstić information content (AvgIpc) is 3.10. The minimum Gasteiger partial charge on any atom is -0.453 e. The van der Waals surface area contributed by atoms with Crippen molar-refractivity contribution >= 4 is 23.1 Å². The number of aromatic nitrogens is 1. The number of nitrogens with one attached hydrogen (secondary N) is 1. The Morgan fingerprint density at radius 1 is 1.27 bits per heavy atom. The van der Waals surface area contributed by atoms with E-state index in [-0.39, 0.29) is 11.4 Å². The molecule has 0 spiro atoms. The molecule has 2 aromatic heterocycles. The van der Waals surface area contributed by atoms with Crippen LogP contribution in [0.1, 0.15) is 40.3 Å². The molecule has 1 aliphatic rings. The third-order valence-electron chi connectivity index (χ3n) is 4.75. The molecular formula is C21H18N4O5. The van der Waals surface area contributed by atoms with Crippen LogP contribution in [0.5, 0.6) is 5.75 Å². The number of hydrogen-bond donors (Lipinski definition) is 1. The van der Waals surface area contributed by atoms with Crippen LogP contribution in [-0.2, 0) is 6.42 Å². The number of hydrazone groups is 1. The number of nitro groups is 1. The van der Waals surface area contributed by atoms with Crippen molar-refractivity contribution in [2.75, 3.05) is 5.43 Å². The number of esters is 1. The molecule has 9 heteroatoms. The van der Waals surface area contributed by atoms with E-state index in [9.17, 15) is 14.9 Å². The van der Waals surface area contributed by atoms with E-state index in [4.69, 9.17) is 9.15 Å². The fraction of sp³-hybridized carbons (Fsp3) is 0.190. The van der Waals surface area contributed by atoms with Gasteiger partial charge in [-0.15, -0.1) is 0 Å². The van der Waals surface area contributed by atoms with E-state index < -0.39 is 10.9 Å². The molecule has 3 aromatic rings. The first-order valence-corrected chi connectivity index (χ1v) is 9.35. The number of rotatable bonds is 5. The highest BCUT2D eigenvalue weighted by Crippen LogP contribution is 2.31. The van der Waals surface area contributed by atoms with Gasteiger partial charge in [0.25, 0.3) is 5.69 Å². The van der Waals surface area contributed by atoms with Crippen LogP contribution in [0.25, 0.3) is 0 Å². The maximum atomic E-state index is 12.6. The molecule has 0 atom stereocenters. The monoisotopic (exact) mass is 406 g/mol. The number of pyridine rings is 1. The summed E-state index contributed by atoms with van der Waals surface area (Å²) in [6.07, 6.45) is 5.29. The topological polar surface area (TPSA) is 120 Å². The van der Waals surface area contributed by atoms with Crippen LogP contribution < -0.4 is 10.2 Å². The number of hydrogen-bond acceptors (Lipinski definition) is 8. The highest BCUT2D eigenvalue weighted by molar-refractivity contribution is 6.06. The summed E-state index contributed by atoms with van der Waals surface area (Å²) < 4.78 is 11.2. The lowest BCUT2D eigenvalue weighted by Crippen LogP contribution is -2.13. The van der Waals surface area contributed by atoms with Crippen LogP contribution >= 0.6 is 0 Å². The first-order chi connectivity index (χ1) is 14.5. The maximum absolute atomic E-state index is 12.6. The van der Waals surface area contributed by atoms with Gasteiger partial charge >= 0.3 is 5.97 Å². The number of fused-ring (bicyclic) bond motifs is 1. The molecule has 152 valence electrons. The van der Waals surface area contributed by atoms with Gasteiger partial charge in [0.15, 0.2) is 0 Å². The fourth-order valence-electron chi connectivity index (χ4n) is 3.33. The zero-order valence-corrected chi connectivity index (χ0v) is 16.1.